The zero-order valence-corrected chi connectivity index (χ0v) is 8.53. The molecule has 0 spiro atoms. The minimum absolute atomic E-state index is 0.127. The van der Waals surface area contributed by atoms with Crippen molar-refractivity contribution < 1.29 is 9.90 Å². The van der Waals surface area contributed by atoms with E-state index in [1.165, 1.54) is 0 Å². The van der Waals surface area contributed by atoms with Gasteiger partial charge in [0.05, 0.1) is 0 Å². The molecule has 1 aromatic carbocycles. The summed E-state index contributed by atoms with van der Waals surface area (Å²) in [5.41, 5.74) is 8.84. The highest BCUT2D eigenvalue weighted by Gasteiger charge is 2.32. The average molecular weight is 206 g/mol. The van der Waals surface area contributed by atoms with Crippen molar-refractivity contribution in [2.24, 2.45) is 5.73 Å². The first-order valence-corrected chi connectivity index (χ1v) is 4.93. The Balaban J connectivity index is 2.37. The van der Waals surface area contributed by atoms with E-state index in [0.29, 0.717) is 6.54 Å². The number of para-hydroxylation sites is 1. The minimum atomic E-state index is -0.948. The van der Waals surface area contributed by atoms with Gasteiger partial charge in [-0.25, -0.2) is 0 Å². The van der Waals surface area contributed by atoms with Crippen LogP contribution < -0.4 is 11.1 Å². The predicted molar refractivity (Wildman–Crippen MR) is 58.0 cm³/mol. The third-order valence-electron chi connectivity index (χ3n) is 2.92. The number of rotatable bonds is 2. The Morgan fingerprint density at radius 2 is 2.40 bits per heavy atom. The van der Waals surface area contributed by atoms with Crippen LogP contribution in [0.1, 0.15) is 17.0 Å². The first kappa shape index (κ1) is 9.98. The van der Waals surface area contributed by atoms with Gasteiger partial charge >= 0.3 is 5.97 Å². The minimum Gasteiger partial charge on any atom is -0.480 e. The van der Waals surface area contributed by atoms with Crippen molar-refractivity contribution in [2.75, 3.05) is 11.9 Å². The zero-order valence-electron chi connectivity index (χ0n) is 8.53. The average Bonchev–Trinajstić information content (AvgIpc) is 2.61. The van der Waals surface area contributed by atoms with Crippen molar-refractivity contribution in [1.82, 2.24) is 0 Å². The summed E-state index contributed by atoms with van der Waals surface area (Å²) in [7, 11) is 0. The van der Waals surface area contributed by atoms with Crippen LogP contribution in [0.15, 0.2) is 18.2 Å². The van der Waals surface area contributed by atoms with Crippen LogP contribution in [-0.2, 0) is 4.79 Å². The molecule has 2 rings (SSSR count). The second-order valence-corrected chi connectivity index (χ2v) is 3.89. The van der Waals surface area contributed by atoms with Crippen molar-refractivity contribution >= 4 is 11.7 Å². The van der Waals surface area contributed by atoms with Gasteiger partial charge in [0.1, 0.15) is 6.04 Å². The lowest BCUT2D eigenvalue weighted by molar-refractivity contribution is -0.138. The van der Waals surface area contributed by atoms with E-state index in [0.717, 1.165) is 16.8 Å². The van der Waals surface area contributed by atoms with E-state index in [-0.39, 0.29) is 5.92 Å². The molecule has 0 fully saturated rings. The maximum absolute atomic E-state index is 10.8. The number of nitrogens with one attached hydrogen (secondary N) is 1. The summed E-state index contributed by atoms with van der Waals surface area (Å²) in [6.45, 7) is 2.61. The number of carboxylic acids is 1. The summed E-state index contributed by atoms with van der Waals surface area (Å²) >= 11 is 0. The molecule has 15 heavy (non-hydrogen) atoms. The molecule has 0 radical (unpaired) electrons. The van der Waals surface area contributed by atoms with Gasteiger partial charge in [0.15, 0.2) is 0 Å². The fraction of sp³-hybridized carbons (Fsp3) is 0.364. The van der Waals surface area contributed by atoms with E-state index in [1.807, 2.05) is 25.1 Å². The Morgan fingerprint density at radius 1 is 1.67 bits per heavy atom. The van der Waals surface area contributed by atoms with E-state index >= 15 is 0 Å². The SMILES string of the molecule is Cc1cccc2c1NCC2C(N)C(=O)O. The van der Waals surface area contributed by atoms with E-state index in [9.17, 15) is 4.79 Å². The van der Waals surface area contributed by atoms with Gasteiger partial charge < -0.3 is 16.2 Å². The number of aliphatic carboxylic acids is 1. The lowest BCUT2D eigenvalue weighted by Crippen LogP contribution is -2.37. The molecule has 0 amide bonds. The monoisotopic (exact) mass is 206 g/mol. The maximum atomic E-state index is 10.8. The number of benzene rings is 1. The summed E-state index contributed by atoms with van der Waals surface area (Å²) in [5.74, 6) is -1.08. The highest BCUT2D eigenvalue weighted by Crippen LogP contribution is 2.35. The quantitative estimate of drug-likeness (QED) is 0.672. The Labute approximate surface area is 88.1 Å². The van der Waals surface area contributed by atoms with Crippen LogP contribution in [0, 0.1) is 6.92 Å². The number of anilines is 1. The number of hydrogen-bond donors (Lipinski definition) is 3. The summed E-state index contributed by atoms with van der Waals surface area (Å²) < 4.78 is 0. The molecule has 2 unspecified atom stereocenters. The van der Waals surface area contributed by atoms with Crippen molar-refractivity contribution in [3.05, 3.63) is 29.3 Å². The van der Waals surface area contributed by atoms with Crippen molar-refractivity contribution in [3.63, 3.8) is 0 Å². The van der Waals surface area contributed by atoms with Gasteiger partial charge in [0.2, 0.25) is 0 Å². The van der Waals surface area contributed by atoms with Crippen LogP contribution in [0.2, 0.25) is 0 Å². The van der Waals surface area contributed by atoms with Gasteiger partial charge in [-0.2, -0.15) is 0 Å². The van der Waals surface area contributed by atoms with E-state index in [4.69, 9.17) is 10.8 Å². The summed E-state index contributed by atoms with van der Waals surface area (Å²) in [4.78, 5) is 10.8. The van der Waals surface area contributed by atoms with Crippen LogP contribution in [-0.4, -0.2) is 23.7 Å². The standard InChI is InChI=1S/C11H14N2O2/c1-6-3-2-4-7-8(5-13-10(6)7)9(12)11(14)15/h2-4,8-9,13H,5,12H2,1H3,(H,14,15). The molecule has 80 valence electrons. The molecule has 4 heteroatoms. The number of carbonyl (C=O) groups is 1. The number of carboxylic acid groups (broad SMARTS) is 1. The molecule has 0 aliphatic carbocycles. The second kappa shape index (κ2) is 3.55. The smallest absolute Gasteiger partial charge is 0.321 e. The second-order valence-electron chi connectivity index (χ2n) is 3.89. The molecule has 4 nitrogen and oxygen atoms in total. The highest BCUT2D eigenvalue weighted by molar-refractivity contribution is 5.77. The molecule has 0 saturated carbocycles. The maximum Gasteiger partial charge on any atom is 0.321 e. The Bertz CT molecular complexity index is 404. The molecular formula is C11H14N2O2. The summed E-state index contributed by atoms with van der Waals surface area (Å²) in [6, 6.07) is 5.04. The van der Waals surface area contributed by atoms with Gasteiger partial charge in [-0.15, -0.1) is 0 Å². The molecular weight excluding hydrogens is 192 g/mol. The largest absolute Gasteiger partial charge is 0.480 e. The third kappa shape index (κ3) is 1.57. The topological polar surface area (TPSA) is 75.3 Å². The van der Waals surface area contributed by atoms with Gasteiger partial charge in [0, 0.05) is 18.2 Å². The molecule has 1 aliphatic heterocycles. The number of hydrogen-bond acceptors (Lipinski definition) is 3. The Hall–Kier alpha value is -1.55. The van der Waals surface area contributed by atoms with Crippen molar-refractivity contribution in [1.29, 1.82) is 0 Å². The number of fused-ring (bicyclic) bond motifs is 1. The van der Waals surface area contributed by atoms with E-state index < -0.39 is 12.0 Å². The lowest BCUT2D eigenvalue weighted by atomic mass is 9.93. The third-order valence-corrected chi connectivity index (χ3v) is 2.92. The predicted octanol–water partition coefficient (Wildman–Crippen LogP) is 0.916. The molecule has 4 N–H and O–H groups in total. The van der Waals surface area contributed by atoms with Crippen LogP contribution in [0.3, 0.4) is 0 Å². The normalized spacial score (nSPS) is 20.5. The first-order valence-electron chi connectivity index (χ1n) is 4.93. The molecule has 1 aromatic rings. The van der Waals surface area contributed by atoms with Gasteiger partial charge in [-0.1, -0.05) is 18.2 Å². The molecule has 0 saturated heterocycles. The molecule has 0 aromatic heterocycles. The van der Waals surface area contributed by atoms with Crippen LogP contribution in [0.5, 0.6) is 0 Å². The summed E-state index contributed by atoms with van der Waals surface area (Å²) in [6.07, 6.45) is 0. The fourth-order valence-corrected chi connectivity index (χ4v) is 2.06. The Kier molecular flexibility index (Phi) is 2.36. The first-order chi connectivity index (χ1) is 7.11. The van der Waals surface area contributed by atoms with E-state index in [2.05, 4.69) is 5.32 Å². The molecule has 0 bridgehead atoms. The fourth-order valence-electron chi connectivity index (χ4n) is 2.06. The number of nitrogens with two attached hydrogens (primary N) is 1. The Morgan fingerprint density at radius 3 is 3.07 bits per heavy atom. The molecule has 1 heterocycles. The van der Waals surface area contributed by atoms with Crippen LogP contribution in [0.25, 0.3) is 0 Å². The molecule has 1 aliphatic rings. The van der Waals surface area contributed by atoms with E-state index in [1.54, 1.807) is 0 Å². The van der Waals surface area contributed by atoms with Crippen molar-refractivity contribution in [2.45, 2.75) is 18.9 Å². The zero-order chi connectivity index (χ0) is 11.0. The summed E-state index contributed by atoms with van der Waals surface area (Å²) in [5, 5.41) is 12.1. The highest BCUT2D eigenvalue weighted by atomic mass is 16.4. The van der Waals surface area contributed by atoms with Gasteiger partial charge in [-0.3, -0.25) is 4.79 Å². The van der Waals surface area contributed by atoms with Gasteiger partial charge in [-0.05, 0) is 18.1 Å². The van der Waals surface area contributed by atoms with Crippen molar-refractivity contribution in [3.8, 4) is 0 Å². The van der Waals surface area contributed by atoms with Gasteiger partial charge in [0.25, 0.3) is 0 Å². The lowest BCUT2D eigenvalue weighted by Gasteiger charge is -2.14. The number of aryl methyl sites for hydroxylation is 1. The van der Waals surface area contributed by atoms with Crippen LogP contribution in [0.4, 0.5) is 5.69 Å². The van der Waals surface area contributed by atoms with Crippen LogP contribution >= 0.6 is 0 Å². The molecule has 2 atom stereocenters.